The quantitative estimate of drug-likeness (QED) is 0.0355. The van der Waals surface area contributed by atoms with E-state index in [4.69, 9.17) is 73.1 Å². The summed E-state index contributed by atoms with van der Waals surface area (Å²) in [7, 11) is 0. The van der Waals surface area contributed by atoms with Crippen LogP contribution in [0.1, 0.15) is 53.9 Å². The van der Waals surface area contributed by atoms with Gasteiger partial charge in [0.2, 0.25) is 11.9 Å². The minimum Gasteiger partial charge on any atom is -0.493 e. The highest BCUT2D eigenvalue weighted by Gasteiger charge is 2.20. The average molecular weight is 953 g/mol. The second-order valence-electron chi connectivity index (χ2n) is 15.5. The van der Waals surface area contributed by atoms with E-state index in [1.807, 2.05) is 57.2 Å². The molecule has 12 nitrogen and oxygen atoms in total. The van der Waals surface area contributed by atoms with Crippen LogP contribution >= 0.6 is 46.4 Å². The molecule has 0 aliphatic heterocycles. The molecule has 6 rings (SSSR count). The van der Waals surface area contributed by atoms with Crippen molar-refractivity contribution < 1.29 is 13.9 Å². The molecule has 17 heteroatoms. The molecule has 0 spiro atoms. The molecule has 0 saturated carbocycles. The highest BCUT2D eigenvalue weighted by molar-refractivity contribution is 6.44. The van der Waals surface area contributed by atoms with Gasteiger partial charge in [-0.05, 0) is 87.9 Å². The second kappa shape index (κ2) is 23.7. The summed E-state index contributed by atoms with van der Waals surface area (Å²) in [5.41, 5.74) is 25.6. The highest BCUT2D eigenvalue weighted by atomic mass is 35.5. The largest absolute Gasteiger partial charge is 0.493 e. The summed E-state index contributed by atoms with van der Waals surface area (Å²) in [6.07, 6.45) is 0.939. The lowest BCUT2D eigenvalue weighted by molar-refractivity contribution is 0.248. The first kappa shape index (κ1) is 49.9. The van der Waals surface area contributed by atoms with Crippen molar-refractivity contribution in [2.45, 2.75) is 67.2 Å². The number of nitrogens with two attached hydrogens (primary N) is 3. The molecule has 0 radical (unpaired) electrons. The van der Waals surface area contributed by atoms with Crippen molar-refractivity contribution in [2.24, 2.45) is 5.92 Å². The molecular formula is C47H55Cl4FN10O2. The van der Waals surface area contributed by atoms with Gasteiger partial charge in [-0.3, -0.25) is 5.32 Å². The van der Waals surface area contributed by atoms with Gasteiger partial charge in [0.05, 0.1) is 44.8 Å². The Bertz CT molecular complexity index is 2490. The van der Waals surface area contributed by atoms with E-state index >= 15 is 0 Å². The minimum absolute atomic E-state index is 0.0454. The van der Waals surface area contributed by atoms with Gasteiger partial charge in [-0.1, -0.05) is 114 Å². The Labute approximate surface area is 394 Å². The number of hydrogen-bond acceptors (Lipinski definition) is 12. The van der Waals surface area contributed by atoms with Gasteiger partial charge in [-0.25, -0.2) is 14.4 Å². The summed E-state index contributed by atoms with van der Waals surface area (Å²) >= 11 is 25.0. The average Bonchev–Trinajstić information content (AvgIpc) is 3.24. The van der Waals surface area contributed by atoms with E-state index in [1.54, 1.807) is 24.3 Å². The maximum Gasteiger partial charge on any atom is 0.226 e. The fraction of sp³-hybridized carbons (Fsp3) is 0.319. The fourth-order valence-corrected chi connectivity index (χ4v) is 7.64. The van der Waals surface area contributed by atoms with Crippen LogP contribution in [0.3, 0.4) is 0 Å². The van der Waals surface area contributed by atoms with Crippen LogP contribution in [0.15, 0.2) is 72.8 Å². The number of rotatable bonds is 18. The summed E-state index contributed by atoms with van der Waals surface area (Å²) in [6.45, 7) is 14.3. The molecule has 0 amide bonds. The molecule has 9 N–H and O–H groups in total. The predicted octanol–water partition coefficient (Wildman–Crippen LogP) is 11.0. The van der Waals surface area contributed by atoms with Crippen LogP contribution in [0.25, 0.3) is 22.3 Å². The van der Waals surface area contributed by atoms with Crippen LogP contribution in [0.2, 0.25) is 20.1 Å². The smallest absolute Gasteiger partial charge is 0.226 e. The Balaban J connectivity index is 0.000000241. The van der Waals surface area contributed by atoms with E-state index in [9.17, 15) is 4.39 Å². The van der Waals surface area contributed by atoms with Crippen LogP contribution in [0.4, 0.5) is 27.9 Å². The number of alkyl halides is 1. The van der Waals surface area contributed by atoms with E-state index in [0.717, 1.165) is 46.7 Å². The van der Waals surface area contributed by atoms with E-state index in [-0.39, 0.29) is 40.3 Å². The minimum atomic E-state index is -0.826. The van der Waals surface area contributed by atoms with Gasteiger partial charge in [0.1, 0.15) is 36.4 Å². The van der Waals surface area contributed by atoms with Gasteiger partial charge >= 0.3 is 0 Å². The van der Waals surface area contributed by atoms with Gasteiger partial charge in [0.15, 0.2) is 0 Å². The van der Waals surface area contributed by atoms with Crippen molar-refractivity contribution in [3.8, 4) is 33.8 Å². The van der Waals surface area contributed by atoms with E-state index in [0.29, 0.717) is 75.4 Å². The number of nitrogens with one attached hydrogen (secondary N) is 3. The van der Waals surface area contributed by atoms with Crippen LogP contribution in [-0.4, -0.2) is 52.4 Å². The zero-order valence-corrected chi connectivity index (χ0v) is 39.8. The predicted molar refractivity (Wildman–Crippen MR) is 262 cm³/mol. The lowest BCUT2D eigenvalue weighted by Crippen LogP contribution is -2.36. The Morgan fingerprint density at radius 3 is 1.69 bits per heavy atom. The van der Waals surface area contributed by atoms with Gasteiger partial charge in [0.25, 0.3) is 0 Å². The summed E-state index contributed by atoms with van der Waals surface area (Å²) in [6, 6.07) is 22.7. The monoisotopic (exact) mass is 950 g/mol. The molecule has 2 heterocycles. The fourth-order valence-electron chi connectivity index (χ4n) is 6.85. The van der Waals surface area contributed by atoms with Crippen LogP contribution < -0.4 is 42.6 Å². The lowest BCUT2D eigenvalue weighted by Gasteiger charge is -2.18. The molecule has 2 unspecified atom stereocenters. The maximum atomic E-state index is 13.8. The number of ether oxygens (including phenoxy) is 2. The third kappa shape index (κ3) is 13.2. The molecule has 0 fully saturated rings. The number of aromatic nitrogens is 4. The van der Waals surface area contributed by atoms with E-state index in [2.05, 4.69) is 68.8 Å². The molecule has 0 bridgehead atoms. The molecule has 340 valence electrons. The Morgan fingerprint density at radius 1 is 0.641 bits per heavy atom. The second-order valence-corrected chi connectivity index (χ2v) is 17.0. The van der Waals surface area contributed by atoms with Crippen molar-refractivity contribution in [3.63, 3.8) is 0 Å². The van der Waals surface area contributed by atoms with E-state index < -0.39 is 6.67 Å². The summed E-state index contributed by atoms with van der Waals surface area (Å²) in [5.74, 6) is 2.97. The Kier molecular flexibility index (Phi) is 18.5. The van der Waals surface area contributed by atoms with Crippen molar-refractivity contribution in [1.82, 2.24) is 30.6 Å². The third-order valence-electron chi connectivity index (χ3n) is 10.2. The molecule has 0 saturated heterocycles. The number of aryl methyl sites for hydroxylation is 4. The molecular weight excluding hydrogens is 897 g/mol. The van der Waals surface area contributed by atoms with Crippen LogP contribution in [0.5, 0.6) is 11.5 Å². The molecule has 6 aromatic rings. The van der Waals surface area contributed by atoms with Gasteiger partial charge < -0.3 is 37.3 Å². The Hall–Kier alpha value is -5.15. The summed E-state index contributed by atoms with van der Waals surface area (Å²) in [4.78, 5) is 17.0. The molecule has 0 aliphatic rings. The highest BCUT2D eigenvalue weighted by Crippen LogP contribution is 2.39. The Morgan fingerprint density at radius 2 is 1.14 bits per heavy atom. The van der Waals surface area contributed by atoms with Gasteiger partial charge in [-0.2, -0.15) is 9.97 Å². The number of benzene rings is 4. The number of anilines is 4. The topological polar surface area (TPSA) is 184 Å². The zero-order chi connectivity index (χ0) is 46.5. The normalized spacial score (nSPS) is 12.0. The van der Waals surface area contributed by atoms with Crippen LogP contribution in [-0.2, 0) is 13.2 Å². The van der Waals surface area contributed by atoms with Gasteiger partial charge in [-0.15, -0.1) is 0 Å². The standard InChI is InChI=1S/C24H29Cl2N5O.C23H26Cl2FN5O/c1-14(13-32-22-15(2)6-4-7-16(22)3)10-11-29-12-19-20(23(27)31-24(28)30-19)17-8-5-9-18(25)21(17)26;1-13-6-4-7-14(2)21(13)32-11-15(3)28-12-29-23-30-18(10-26)19(22(27)31-23)16-8-5-9-17(24)20(16)25/h4-9,14,29H,10-13H2,1-3H3,(H4,27,28,30,31);4-9,15,28H,10-12H2,1-3H3,(H3,27,29,30,31). The van der Waals surface area contributed by atoms with Crippen molar-refractivity contribution in [1.29, 1.82) is 0 Å². The summed E-state index contributed by atoms with van der Waals surface area (Å²) < 4.78 is 25.8. The molecule has 2 aromatic heterocycles. The molecule has 2 atom stereocenters. The van der Waals surface area contributed by atoms with Crippen molar-refractivity contribution in [2.75, 3.05) is 48.9 Å². The van der Waals surface area contributed by atoms with Crippen molar-refractivity contribution >= 4 is 69.9 Å². The lowest BCUT2D eigenvalue weighted by atomic mass is 10.0. The zero-order valence-electron chi connectivity index (χ0n) is 36.8. The van der Waals surface area contributed by atoms with E-state index in [1.165, 1.54) is 0 Å². The maximum absolute atomic E-state index is 13.8. The summed E-state index contributed by atoms with van der Waals surface area (Å²) in [5, 5.41) is 11.2. The molecule has 0 aliphatic carbocycles. The SMILES string of the molecule is Cc1cccc(C)c1OCC(C)CCNCc1nc(N)nc(N)c1-c1cccc(Cl)c1Cl.Cc1cccc(C)c1OCC(C)NCNc1nc(N)c(-c2cccc(Cl)c2Cl)c(CF)n1. The number of para-hydroxylation sites is 2. The van der Waals surface area contributed by atoms with Crippen molar-refractivity contribution in [3.05, 3.63) is 127 Å². The first-order valence-corrected chi connectivity index (χ1v) is 22.2. The number of nitrogen functional groups attached to an aromatic ring is 3. The molecule has 64 heavy (non-hydrogen) atoms. The number of halogens is 5. The number of hydrogen-bond donors (Lipinski definition) is 6. The first-order valence-electron chi connectivity index (χ1n) is 20.7. The molecule has 4 aromatic carbocycles. The number of nitrogens with zero attached hydrogens (tertiary/aromatic N) is 4. The van der Waals surface area contributed by atoms with Gasteiger partial charge in [0, 0.05) is 34.8 Å². The van der Waals surface area contributed by atoms with Crippen LogP contribution in [0, 0.1) is 33.6 Å². The third-order valence-corrected chi connectivity index (χ3v) is 11.9. The first-order chi connectivity index (χ1) is 30.6.